The van der Waals surface area contributed by atoms with Gasteiger partial charge in [0.1, 0.15) is 16.5 Å². The zero-order valence-corrected chi connectivity index (χ0v) is 16.0. The molecule has 9 nitrogen and oxygen atoms in total. The van der Waals surface area contributed by atoms with Crippen molar-refractivity contribution in [3.8, 4) is 5.75 Å². The zero-order chi connectivity index (χ0) is 21.0. The summed E-state index contributed by atoms with van der Waals surface area (Å²) in [6.45, 7) is -0.0186. The molecular formula is C18H18FN3O6S. The third-order valence-corrected chi connectivity index (χ3v) is 6.37. The number of ether oxygens (including phenoxy) is 1. The van der Waals surface area contributed by atoms with Gasteiger partial charge in [-0.15, -0.1) is 0 Å². The summed E-state index contributed by atoms with van der Waals surface area (Å²) in [4.78, 5) is 23.6. The van der Waals surface area contributed by atoms with Crippen molar-refractivity contribution in [2.45, 2.75) is 4.90 Å². The molecule has 0 unspecified atom stereocenters. The number of carbonyl (C=O) groups excluding carboxylic acids is 1. The van der Waals surface area contributed by atoms with Crippen LogP contribution in [0.2, 0.25) is 0 Å². The number of nitro benzene ring substituents is 1. The molecule has 0 atom stereocenters. The minimum atomic E-state index is -3.98. The highest BCUT2D eigenvalue weighted by Gasteiger charge is 2.31. The summed E-state index contributed by atoms with van der Waals surface area (Å²) in [5.41, 5.74) is -0.151. The van der Waals surface area contributed by atoms with E-state index in [9.17, 15) is 27.7 Å². The first-order chi connectivity index (χ1) is 13.8. The quantitative estimate of drug-likeness (QED) is 0.516. The van der Waals surface area contributed by atoms with E-state index in [0.29, 0.717) is 0 Å². The highest BCUT2D eigenvalue weighted by atomic mass is 32.2. The van der Waals surface area contributed by atoms with E-state index in [1.165, 1.54) is 47.4 Å². The molecule has 0 bridgehead atoms. The van der Waals surface area contributed by atoms with Crippen molar-refractivity contribution < 1.29 is 27.3 Å². The average Bonchev–Trinajstić information content (AvgIpc) is 2.72. The van der Waals surface area contributed by atoms with E-state index < -0.39 is 25.7 Å². The Hall–Kier alpha value is -3.05. The van der Waals surface area contributed by atoms with E-state index in [1.807, 2.05) is 0 Å². The fourth-order valence-corrected chi connectivity index (χ4v) is 4.38. The molecule has 1 fully saturated rings. The van der Waals surface area contributed by atoms with Crippen LogP contribution in [0.25, 0.3) is 0 Å². The monoisotopic (exact) mass is 423 g/mol. The first-order valence-electron chi connectivity index (χ1n) is 8.69. The molecule has 0 spiro atoms. The Morgan fingerprint density at radius 3 is 2.45 bits per heavy atom. The van der Waals surface area contributed by atoms with Crippen LogP contribution >= 0.6 is 0 Å². The van der Waals surface area contributed by atoms with Crippen LogP contribution in [0.15, 0.2) is 53.4 Å². The van der Waals surface area contributed by atoms with Crippen molar-refractivity contribution in [3.05, 3.63) is 64.5 Å². The number of nitro groups is 1. The number of nitrogens with zero attached hydrogens (tertiary/aromatic N) is 3. The van der Waals surface area contributed by atoms with Gasteiger partial charge in [-0.05, 0) is 18.2 Å². The van der Waals surface area contributed by atoms with Crippen molar-refractivity contribution in [2.24, 2.45) is 0 Å². The van der Waals surface area contributed by atoms with E-state index in [2.05, 4.69) is 0 Å². The van der Waals surface area contributed by atoms with Crippen molar-refractivity contribution in [1.29, 1.82) is 0 Å². The topological polar surface area (TPSA) is 110 Å². The van der Waals surface area contributed by atoms with Gasteiger partial charge in [-0.3, -0.25) is 14.9 Å². The van der Waals surface area contributed by atoms with Crippen molar-refractivity contribution in [3.63, 3.8) is 0 Å². The fraction of sp³-hybridized carbons (Fsp3) is 0.278. The van der Waals surface area contributed by atoms with Gasteiger partial charge in [-0.25, -0.2) is 12.8 Å². The molecule has 3 rings (SSSR count). The lowest BCUT2D eigenvalue weighted by molar-refractivity contribution is -0.384. The molecule has 2 aromatic carbocycles. The molecule has 0 aliphatic carbocycles. The number of halogens is 1. The third kappa shape index (κ3) is 4.69. The van der Waals surface area contributed by atoms with Crippen LogP contribution in [0, 0.1) is 15.9 Å². The second-order valence-electron chi connectivity index (χ2n) is 6.26. The van der Waals surface area contributed by atoms with Gasteiger partial charge in [0, 0.05) is 32.2 Å². The Kier molecular flexibility index (Phi) is 6.09. The summed E-state index contributed by atoms with van der Waals surface area (Å²) in [6.07, 6.45) is 0. The molecule has 2 aromatic rings. The van der Waals surface area contributed by atoms with Crippen LogP contribution in [-0.2, 0) is 14.8 Å². The summed E-state index contributed by atoms with van der Waals surface area (Å²) in [5, 5.41) is 10.8. The Bertz CT molecular complexity index is 1020. The van der Waals surface area contributed by atoms with Crippen molar-refractivity contribution in [1.82, 2.24) is 9.21 Å². The molecular weight excluding hydrogens is 405 g/mol. The predicted molar refractivity (Wildman–Crippen MR) is 100 cm³/mol. The SMILES string of the molecule is O=C(COc1cccc([N+](=O)[O-])c1)N1CCN(S(=O)(=O)c2ccccc2F)CC1. The molecule has 154 valence electrons. The molecule has 0 aromatic heterocycles. The normalized spacial score (nSPS) is 15.1. The van der Waals surface area contributed by atoms with Crippen LogP contribution in [-0.4, -0.2) is 61.2 Å². The van der Waals surface area contributed by atoms with Gasteiger partial charge < -0.3 is 9.64 Å². The Labute approximate surface area is 166 Å². The van der Waals surface area contributed by atoms with Crippen LogP contribution in [0.3, 0.4) is 0 Å². The maximum atomic E-state index is 13.9. The summed E-state index contributed by atoms with van der Waals surface area (Å²) in [7, 11) is -3.98. The largest absolute Gasteiger partial charge is 0.484 e. The number of hydrogen-bond donors (Lipinski definition) is 0. The molecule has 11 heteroatoms. The molecule has 1 amide bonds. The Morgan fingerprint density at radius 1 is 1.10 bits per heavy atom. The van der Waals surface area contributed by atoms with Crippen LogP contribution < -0.4 is 4.74 Å². The number of amides is 1. The smallest absolute Gasteiger partial charge is 0.273 e. The first-order valence-corrected chi connectivity index (χ1v) is 10.1. The van der Waals surface area contributed by atoms with Gasteiger partial charge in [0.2, 0.25) is 10.0 Å². The summed E-state index contributed by atoms with van der Waals surface area (Å²) < 4.78 is 45.5. The number of piperazine rings is 1. The van der Waals surface area contributed by atoms with Gasteiger partial charge in [-0.2, -0.15) is 4.31 Å². The summed E-state index contributed by atoms with van der Waals surface area (Å²) in [6, 6.07) is 10.6. The molecule has 1 aliphatic heterocycles. The molecule has 29 heavy (non-hydrogen) atoms. The van der Waals surface area contributed by atoms with E-state index in [-0.39, 0.29) is 50.1 Å². The van der Waals surface area contributed by atoms with E-state index in [0.717, 1.165) is 10.4 Å². The second-order valence-corrected chi connectivity index (χ2v) is 8.16. The lowest BCUT2D eigenvalue weighted by Gasteiger charge is -2.34. The van der Waals surface area contributed by atoms with Gasteiger partial charge >= 0.3 is 0 Å². The van der Waals surface area contributed by atoms with Crippen LogP contribution in [0.1, 0.15) is 0 Å². The van der Waals surface area contributed by atoms with Gasteiger partial charge in [-0.1, -0.05) is 18.2 Å². The molecule has 1 saturated heterocycles. The lowest BCUT2D eigenvalue weighted by Crippen LogP contribution is -2.51. The van der Waals surface area contributed by atoms with Gasteiger partial charge in [0.15, 0.2) is 6.61 Å². The Morgan fingerprint density at radius 2 is 1.79 bits per heavy atom. The first kappa shape index (κ1) is 20.7. The Balaban J connectivity index is 1.56. The molecule has 0 radical (unpaired) electrons. The summed E-state index contributed by atoms with van der Waals surface area (Å²) in [5.74, 6) is -1.01. The maximum absolute atomic E-state index is 13.9. The van der Waals surface area contributed by atoms with Crippen molar-refractivity contribution >= 4 is 21.6 Å². The average molecular weight is 423 g/mol. The zero-order valence-electron chi connectivity index (χ0n) is 15.2. The van der Waals surface area contributed by atoms with E-state index in [1.54, 1.807) is 0 Å². The second kappa shape index (κ2) is 8.53. The summed E-state index contributed by atoms with van der Waals surface area (Å²) >= 11 is 0. The van der Waals surface area contributed by atoms with E-state index >= 15 is 0 Å². The fourth-order valence-electron chi connectivity index (χ4n) is 2.89. The van der Waals surface area contributed by atoms with Crippen LogP contribution in [0.4, 0.5) is 10.1 Å². The number of non-ortho nitro benzene ring substituents is 1. The molecule has 1 aliphatic rings. The number of carbonyl (C=O) groups is 1. The molecule has 1 heterocycles. The predicted octanol–water partition coefficient (Wildman–Crippen LogP) is 1.65. The van der Waals surface area contributed by atoms with Gasteiger partial charge in [0.25, 0.3) is 11.6 Å². The highest BCUT2D eigenvalue weighted by Crippen LogP contribution is 2.21. The minimum Gasteiger partial charge on any atom is -0.484 e. The highest BCUT2D eigenvalue weighted by molar-refractivity contribution is 7.89. The third-order valence-electron chi connectivity index (χ3n) is 4.44. The lowest BCUT2D eigenvalue weighted by atomic mass is 10.3. The van der Waals surface area contributed by atoms with E-state index in [4.69, 9.17) is 4.74 Å². The maximum Gasteiger partial charge on any atom is 0.273 e. The minimum absolute atomic E-state index is 0.0270. The molecule has 0 saturated carbocycles. The van der Waals surface area contributed by atoms with Crippen LogP contribution in [0.5, 0.6) is 5.75 Å². The molecule has 0 N–H and O–H groups in total. The van der Waals surface area contributed by atoms with Gasteiger partial charge in [0.05, 0.1) is 11.0 Å². The standard InChI is InChI=1S/C18H18FN3O6S/c19-16-6-1-2-7-17(16)29(26,27)21-10-8-20(9-11-21)18(23)13-28-15-5-3-4-14(12-15)22(24)25/h1-7,12H,8-11,13H2. The van der Waals surface area contributed by atoms with Crippen molar-refractivity contribution in [2.75, 3.05) is 32.8 Å². The number of hydrogen-bond acceptors (Lipinski definition) is 6. The number of rotatable bonds is 6. The number of benzene rings is 2. The number of sulfonamides is 1.